The molecule has 114 valence electrons. The lowest BCUT2D eigenvalue weighted by molar-refractivity contribution is 0.424. The van der Waals surface area contributed by atoms with Crippen LogP contribution in [0.15, 0.2) is 30.5 Å². The molecule has 0 fully saturated rings. The monoisotopic (exact) mass is 309 g/mol. The fraction of sp³-hybridized carbons (Fsp3) is 0.438. The number of hydrogen-bond donors (Lipinski definition) is 1. The zero-order valence-electron chi connectivity index (χ0n) is 12.4. The van der Waals surface area contributed by atoms with Crippen molar-refractivity contribution in [2.75, 3.05) is 0 Å². The molecule has 1 unspecified atom stereocenters. The van der Waals surface area contributed by atoms with Crippen LogP contribution in [0.3, 0.4) is 0 Å². The van der Waals surface area contributed by atoms with Gasteiger partial charge in [-0.25, -0.2) is 4.39 Å². The second-order valence-electron chi connectivity index (χ2n) is 5.23. The molecular formula is C16H21ClFN3. The molecule has 1 aromatic carbocycles. The lowest BCUT2D eigenvalue weighted by Gasteiger charge is -2.14. The molecule has 5 heteroatoms. The minimum atomic E-state index is -0.424. The van der Waals surface area contributed by atoms with Gasteiger partial charge in [-0.1, -0.05) is 31.5 Å². The van der Waals surface area contributed by atoms with Crippen LogP contribution in [0.5, 0.6) is 0 Å². The number of benzene rings is 1. The van der Waals surface area contributed by atoms with E-state index in [0.29, 0.717) is 23.0 Å². The summed E-state index contributed by atoms with van der Waals surface area (Å²) in [5, 5.41) is 4.93. The third-order valence-corrected chi connectivity index (χ3v) is 4.01. The molecule has 0 aliphatic carbocycles. The Kier molecular flexibility index (Phi) is 5.37. The standard InChI is InChI=1S/C16H21ClFN3/c1-3-13(4-2)21-8-7-12(20-21)10-16(19)14-6-5-11(17)9-15(14)18/h5-9,13,16H,3-4,10,19H2,1-2H3. The summed E-state index contributed by atoms with van der Waals surface area (Å²) in [7, 11) is 0. The maximum atomic E-state index is 13.9. The van der Waals surface area contributed by atoms with E-state index in [1.54, 1.807) is 12.1 Å². The Balaban J connectivity index is 2.11. The summed E-state index contributed by atoms with van der Waals surface area (Å²) in [4.78, 5) is 0. The molecule has 0 aliphatic heterocycles. The molecule has 1 atom stereocenters. The van der Waals surface area contributed by atoms with Crippen molar-refractivity contribution in [2.24, 2.45) is 5.73 Å². The average Bonchev–Trinajstić information content (AvgIpc) is 2.88. The quantitative estimate of drug-likeness (QED) is 0.865. The maximum Gasteiger partial charge on any atom is 0.129 e. The first-order valence-electron chi connectivity index (χ1n) is 7.29. The predicted molar refractivity (Wildman–Crippen MR) is 83.9 cm³/mol. The van der Waals surface area contributed by atoms with Crippen LogP contribution >= 0.6 is 11.6 Å². The summed E-state index contributed by atoms with van der Waals surface area (Å²) in [5.74, 6) is -0.366. The van der Waals surface area contributed by atoms with Gasteiger partial charge in [0, 0.05) is 29.2 Å². The molecule has 1 aromatic heterocycles. The molecule has 0 saturated heterocycles. The van der Waals surface area contributed by atoms with Gasteiger partial charge < -0.3 is 5.73 Å². The van der Waals surface area contributed by atoms with Gasteiger partial charge in [0.2, 0.25) is 0 Å². The van der Waals surface area contributed by atoms with Gasteiger partial charge in [0.1, 0.15) is 5.82 Å². The highest BCUT2D eigenvalue weighted by Gasteiger charge is 2.15. The van der Waals surface area contributed by atoms with Gasteiger partial charge in [0.25, 0.3) is 0 Å². The van der Waals surface area contributed by atoms with E-state index in [1.165, 1.54) is 6.07 Å². The zero-order chi connectivity index (χ0) is 15.4. The van der Waals surface area contributed by atoms with E-state index in [0.717, 1.165) is 18.5 Å². The highest BCUT2D eigenvalue weighted by Crippen LogP contribution is 2.22. The minimum absolute atomic E-state index is 0.366. The molecule has 0 spiro atoms. The molecule has 2 N–H and O–H groups in total. The van der Waals surface area contributed by atoms with Gasteiger partial charge in [-0.3, -0.25) is 4.68 Å². The molecule has 3 nitrogen and oxygen atoms in total. The summed E-state index contributed by atoms with van der Waals surface area (Å²) in [6.07, 6.45) is 4.55. The van der Waals surface area contributed by atoms with Crippen molar-refractivity contribution in [1.29, 1.82) is 0 Å². The third kappa shape index (κ3) is 3.83. The molecule has 21 heavy (non-hydrogen) atoms. The topological polar surface area (TPSA) is 43.8 Å². The molecule has 2 rings (SSSR count). The Morgan fingerprint density at radius 1 is 1.29 bits per heavy atom. The molecule has 0 radical (unpaired) electrons. The Morgan fingerprint density at radius 2 is 2.00 bits per heavy atom. The van der Waals surface area contributed by atoms with E-state index in [-0.39, 0.29) is 5.82 Å². The van der Waals surface area contributed by atoms with Gasteiger partial charge in [-0.15, -0.1) is 0 Å². The van der Waals surface area contributed by atoms with Crippen molar-refractivity contribution in [3.05, 3.63) is 52.6 Å². The van der Waals surface area contributed by atoms with Gasteiger partial charge in [0.05, 0.1) is 11.7 Å². The van der Waals surface area contributed by atoms with Gasteiger partial charge in [-0.05, 0) is 31.0 Å². The van der Waals surface area contributed by atoms with E-state index in [4.69, 9.17) is 17.3 Å². The highest BCUT2D eigenvalue weighted by atomic mass is 35.5. The molecule has 1 heterocycles. The largest absolute Gasteiger partial charge is 0.324 e. The maximum absolute atomic E-state index is 13.9. The van der Waals surface area contributed by atoms with Gasteiger partial charge in [0.15, 0.2) is 0 Å². The number of aromatic nitrogens is 2. The summed E-state index contributed by atoms with van der Waals surface area (Å²) < 4.78 is 15.8. The molecule has 2 aromatic rings. The molecule has 0 bridgehead atoms. The van der Waals surface area contributed by atoms with E-state index < -0.39 is 6.04 Å². The van der Waals surface area contributed by atoms with Crippen LogP contribution in [-0.4, -0.2) is 9.78 Å². The first-order valence-corrected chi connectivity index (χ1v) is 7.67. The second-order valence-corrected chi connectivity index (χ2v) is 5.67. The number of nitrogens with two attached hydrogens (primary N) is 1. The van der Waals surface area contributed by atoms with Gasteiger partial charge in [-0.2, -0.15) is 5.10 Å². The molecule has 0 saturated carbocycles. The molecule has 0 aliphatic rings. The van der Waals surface area contributed by atoms with E-state index in [9.17, 15) is 4.39 Å². The van der Waals surface area contributed by atoms with Crippen LogP contribution in [-0.2, 0) is 6.42 Å². The van der Waals surface area contributed by atoms with Crippen molar-refractivity contribution >= 4 is 11.6 Å². The van der Waals surface area contributed by atoms with Crippen molar-refractivity contribution in [1.82, 2.24) is 9.78 Å². The Labute approximate surface area is 129 Å². The van der Waals surface area contributed by atoms with Crippen LogP contribution in [0, 0.1) is 5.82 Å². The van der Waals surface area contributed by atoms with Crippen molar-refractivity contribution < 1.29 is 4.39 Å². The predicted octanol–water partition coefficient (Wildman–Crippen LogP) is 4.28. The van der Waals surface area contributed by atoms with Crippen LogP contribution < -0.4 is 5.73 Å². The van der Waals surface area contributed by atoms with E-state index in [1.807, 2.05) is 16.9 Å². The van der Waals surface area contributed by atoms with Crippen LogP contribution in [0.1, 0.15) is 50.0 Å². The van der Waals surface area contributed by atoms with Crippen LogP contribution in [0.4, 0.5) is 4.39 Å². The molecule has 0 amide bonds. The number of hydrogen-bond acceptors (Lipinski definition) is 2. The lowest BCUT2D eigenvalue weighted by Crippen LogP contribution is -2.16. The van der Waals surface area contributed by atoms with E-state index >= 15 is 0 Å². The summed E-state index contributed by atoms with van der Waals surface area (Å²) in [6.45, 7) is 4.29. The van der Waals surface area contributed by atoms with Crippen molar-refractivity contribution in [3.8, 4) is 0 Å². The fourth-order valence-electron chi connectivity index (χ4n) is 2.49. The summed E-state index contributed by atoms with van der Waals surface area (Å²) >= 11 is 5.76. The number of nitrogens with zero attached hydrogens (tertiary/aromatic N) is 2. The Bertz CT molecular complexity index is 593. The minimum Gasteiger partial charge on any atom is -0.324 e. The third-order valence-electron chi connectivity index (χ3n) is 3.77. The lowest BCUT2D eigenvalue weighted by atomic mass is 10.0. The smallest absolute Gasteiger partial charge is 0.129 e. The first-order chi connectivity index (χ1) is 10.0. The first kappa shape index (κ1) is 16.0. The molecular weight excluding hydrogens is 289 g/mol. The normalized spacial score (nSPS) is 12.9. The number of halogens is 2. The van der Waals surface area contributed by atoms with Gasteiger partial charge >= 0.3 is 0 Å². The fourth-order valence-corrected chi connectivity index (χ4v) is 2.65. The van der Waals surface area contributed by atoms with Crippen LogP contribution in [0.25, 0.3) is 0 Å². The number of rotatable bonds is 6. The Hall–Kier alpha value is -1.39. The summed E-state index contributed by atoms with van der Waals surface area (Å²) in [6, 6.07) is 6.52. The summed E-state index contributed by atoms with van der Waals surface area (Å²) in [5.41, 5.74) is 7.44. The van der Waals surface area contributed by atoms with Crippen LogP contribution in [0.2, 0.25) is 5.02 Å². The highest BCUT2D eigenvalue weighted by molar-refractivity contribution is 6.30. The van der Waals surface area contributed by atoms with E-state index in [2.05, 4.69) is 18.9 Å². The zero-order valence-corrected chi connectivity index (χ0v) is 13.1. The SMILES string of the molecule is CCC(CC)n1ccc(CC(N)c2ccc(Cl)cc2F)n1. The Morgan fingerprint density at radius 3 is 2.62 bits per heavy atom. The average molecular weight is 310 g/mol. The van der Waals surface area contributed by atoms with Crippen molar-refractivity contribution in [3.63, 3.8) is 0 Å². The van der Waals surface area contributed by atoms with Crippen molar-refractivity contribution in [2.45, 2.75) is 45.2 Å². The second kappa shape index (κ2) is 7.05.